The summed E-state index contributed by atoms with van der Waals surface area (Å²) in [5, 5.41) is 12.0. The molecule has 2 aromatic rings. The average molecular weight is 451 g/mol. The van der Waals surface area contributed by atoms with Crippen LogP contribution in [-0.2, 0) is 14.3 Å². The third-order valence-corrected chi connectivity index (χ3v) is 6.67. The number of hydrogen-bond acceptors (Lipinski definition) is 4. The van der Waals surface area contributed by atoms with Crippen LogP contribution in [-0.4, -0.2) is 53.2 Å². The maximum Gasteiger partial charge on any atom is 0.407 e. The molecule has 7 heteroatoms. The molecule has 0 spiro atoms. The van der Waals surface area contributed by atoms with Gasteiger partial charge in [-0.3, -0.25) is 9.59 Å². The molecule has 2 N–H and O–H groups in total. The van der Waals surface area contributed by atoms with Crippen molar-refractivity contribution in [2.24, 2.45) is 5.92 Å². The number of rotatable bonds is 9. The van der Waals surface area contributed by atoms with Gasteiger partial charge in [-0.05, 0) is 41.0 Å². The van der Waals surface area contributed by atoms with Crippen molar-refractivity contribution in [3.05, 3.63) is 59.7 Å². The number of hydrogen-bond donors (Lipinski definition) is 2. The topological polar surface area (TPSA) is 95.9 Å². The summed E-state index contributed by atoms with van der Waals surface area (Å²) in [6.07, 6.45) is 1.57. The summed E-state index contributed by atoms with van der Waals surface area (Å²) in [7, 11) is 0. The molecule has 0 saturated heterocycles. The molecule has 0 bridgehead atoms. The van der Waals surface area contributed by atoms with Crippen molar-refractivity contribution in [3.63, 3.8) is 0 Å². The number of nitrogens with zero attached hydrogens (tertiary/aromatic N) is 1. The number of nitrogens with one attached hydrogen (secondary N) is 1. The highest BCUT2D eigenvalue weighted by Crippen LogP contribution is 2.44. The second-order valence-electron chi connectivity index (χ2n) is 8.92. The highest BCUT2D eigenvalue weighted by molar-refractivity contribution is 5.89. The number of ether oxygens (including phenoxy) is 1. The molecular formula is C26H30N2O5. The van der Waals surface area contributed by atoms with Crippen molar-refractivity contribution in [1.29, 1.82) is 0 Å². The first-order chi connectivity index (χ1) is 15.9. The van der Waals surface area contributed by atoms with E-state index in [-0.39, 0.29) is 36.9 Å². The van der Waals surface area contributed by atoms with Crippen LogP contribution >= 0.6 is 0 Å². The number of fused-ring (bicyclic) bond motifs is 3. The summed E-state index contributed by atoms with van der Waals surface area (Å²) in [6, 6.07) is 15.3. The van der Waals surface area contributed by atoms with Gasteiger partial charge in [0.2, 0.25) is 5.91 Å². The number of carbonyl (C=O) groups is 3. The summed E-state index contributed by atoms with van der Waals surface area (Å²) >= 11 is 0. The minimum absolute atomic E-state index is 0.0653. The van der Waals surface area contributed by atoms with Crippen molar-refractivity contribution in [2.45, 2.75) is 51.1 Å². The Hall–Kier alpha value is -3.35. The lowest BCUT2D eigenvalue weighted by atomic mass is 9.97. The lowest BCUT2D eigenvalue weighted by Crippen LogP contribution is -2.53. The van der Waals surface area contributed by atoms with E-state index in [9.17, 15) is 19.5 Å². The molecule has 2 amide bonds. The minimum Gasteiger partial charge on any atom is -0.480 e. The first-order valence-electron chi connectivity index (χ1n) is 11.5. The largest absolute Gasteiger partial charge is 0.480 e. The molecule has 7 nitrogen and oxygen atoms in total. The fraction of sp³-hybridized carbons (Fsp3) is 0.423. The monoisotopic (exact) mass is 450 g/mol. The molecule has 0 aliphatic heterocycles. The number of alkyl carbamates (subject to hydrolysis) is 1. The van der Waals surface area contributed by atoms with Crippen LogP contribution in [0.25, 0.3) is 11.1 Å². The summed E-state index contributed by atoms with van der Waals surface area (Å²) < 4.78 is 5.61. The van der Waals surface area contributed by atoms with E-state index in [1.54, 1.807) is 0 Å². The van der Waals surface area contributed by atoms with Crippen LogP contribution in [0.1, 0.15) is 50.2 Å². The lowest BCUT2D eigenvalue weighted by molar-refractivity contribution is -0.146. The van der Waals surface area contributed by atoms with Crippen molar-refractivity contribution < 1.29 is 24.2 Å². The van der Waals surface area contributed by atoms with E-state index in [1.807, 2.05) is 50.2 Å². The van der Waals surface area contributed by atoms with Gasteiger partial charge in [0.15, 0.2) is 0 Å². The summed E-state index contributed by atoms with van der Waals surface area (Å²) in [5.41, 5.74) is 4.51. The Kier molecular flexibility index (Phi) is 6.67. The van der Waals surface area contributed by atoms with E-state index < -0.39 is 18.1 Å². The van der Waals surface area contributed by atoms with E-state index in [1.165, 1.54) is 4.90 Å². The van der Waals surface area contributed by atoms with E-state index in [4.69, 9.17) is 4.74 Å². The van der Waals surface area contributed by atoms with Gasteiger partial charge < -0.3 is 20.1 Å². The molecule has 0 radical (unpaired) electrons. The van der Waals surface area contributed by atoms with Gasteiger partial charge in [-0.15, -0.1) is 0 Å². The standard InChI is InChI=1S/C26H30N2O5/c1-3-16(2)24(25(31)28(14-23(29)30)17-12-13-17)27-26(32)33-15-22-20-10-6-4-8-18(20)19-9-5-7-11-21(19)22/h4-11,16-17,22,24H,3,12-15H2,1-2H3,(H,27,32)(H,29,30). The van der Waals surface area contributed by atoms with Gasteiger partial charge in [0, 0.05) is 12.0 Å². The van der Waals surface area contributed by atoms with Gasteiger partial charge in [0.1, 0.15) is 19.2 Å². The van der Waals surface area contributed by atoms with Crippen LogP contribution in [0.3, 0.4) is 0 Å². The van der Waals surface area contributed by atoms with Crippen LogP contribution in [0, 0.1) is 5.92 Å². The maximum atomic E-state index is 13.2. The van der Waals surface area contributed by atoms with E-state index in [0.717, 1.165) is 35.1 Å². The molecule has 1 saturated carbocycles. The molecule has 2 aliphatic carbocycles. The summed E-state index contributed by atoms with van der Waals surface area (Å²) in [6.45, 7) is 3.60. The van der Waals surface area contributed by atoms with Gasteiger partial charge in [-0.2, -0.15) is 0 Å². The van der Waals surface area contributed by atoms with E-state index >= 15 is 0 Å². The van der Waals surface area contributed by atoms with E-state index in [2.05, 4.69) is 17.4 Å². The fourth-order valence-electron chi connectivity index (χ4n) is 4.55. The van der Waals surface area contributed by atoms with Crippen molar-refractivity contribution >= 4 is 18.0 Å². The Balaban J connectivity index is 1.45. The highest BCUT2D eigenvalue weighted by Gasteiger charge is 2.39. The number of amides is 2. The Morgan fingerprint density at radius 1 is 1.06 bits per heavy atom. The molecule has 33 heavy (non-hydrogen) atoms. The molecule has 1 fully saturated rings. The first kappa shape index (κ1) is 22.8. The number of benzene rings is 2. The zero-order chi connectivity index (χ0) is 23.5. The van der Waals surface area contributed by atoms with Gasteiger partial charge in [0.25, 0.3) is 0 Å². The normalized spacial score (nSPS) is 16.3. The van der Waals surface area contributed by atoms with Crippen LogP contribution in [0.2, 0.25) is 0 Å². The van der Waals surface area contributed by atoms with Crippen LogP contribution in [0.4, 0.5) is 4.79 Å². The third kappa shape index (κ3) is 4.87. The zero-order valence-corrected chi connectivity index (χ0v) is 19.0. The molecule has 4 rings (SSSR count). The fourth-order valence-corrected chi connectivity index (χ4v) is 4.55. The third-order valence-electron chi connectivity index (χ3n) is 6.67. The van der Waals surface area contributed by atoms with Crippen LogP contribution in [0.5, 0.6) is 0 Å². The average Bonchev–Trinajstić information content (AvgIpc) is 3.61. The van der Waals surface area contributed by atoms with Gasteiger partial charge in [-0.1, -0.05) is 68.8 Å². The summed E-state index contributed by atoms with van der Waals surface area (Å²) in [4.78, 5) is 38.6. The van der Waals surface area contributed by atoms with Crippen molar-refractivity contribution in [3.8, 4) is 11.1 Å². The molecular weight excluding hydrogens is 420 g/mol. The predicted molar refractivity (Wildman–Crippen MR) is 124 cm³/mol. The smallest absolute Gasteiger partial charge is 0.407 e. The number of carboxylic acid groups (broad SMARTS) is 1. The SMILES string of the molecule is CCC(C)C(NC(=O)OCC1c2ccccc2-c2ccccc21)C(=O)N(CC(=O)O)C1CC1. The van der Waals surface area contributed by atoms with Crippen LogP contribution < -0.4 is 5.32 Å². The minimum atomic E-state index is -1.06. The molecule has 2 atom stereocenters. The van der Waals surface area contributed by atoms with Gasteiger partial charge in [0.05, 0.1) is 0 Å². The van der Waals surface area contributed by atoms with Crippen molar-refractivity contribution in [2.75, 3.05) is 13.2 Å². The maximum absolute atomic E-state index is 13.2. The number of aliphatic carboxylic acids is 1. The lowest BCUT2D eigenvalue weighted by Gasteiger charge is -2.29. The van der Waals surface area contributed by atoms with E-state index in [0.29, 0.717) is 6.42 Å². The zero-order valence-electron chi connectivity index (χ0n) is 19.0. The second-order valence-corrected chi connectivity index (χ2v) is 8.92. The second kappa shape index (κ2) is 9.65. The Morgan fingerprint density at radius 3 is 2.15 bits per heavy atom. The molecule has 0 aromatic heterocycles. The molecule has 2 aromatic carbocycles. The van der Waals surface area contributed by atoms with Gasteiger partial charge >= 0.3 is 12.1 Å². The predicted octanol–water partition coefficient (Wildman–Crippen LogP) is 4.02. The van der Waals surface area contributed by atoms with Crippen LogP contribution in [0.15, 0.2) is 48.5 Å². The summed E-state index contributed by atoms with van der Waals surface area (Å²) in [5.74, 6) is -1.65. The Morgan fingerprint density at radius 2 is 1.64 bits per heavy atom. The quantitative estimate of drug-likeness (QED) is 0.602. The molecule has 0 heterocycles. The number of carbonyl (C=O) groups excluding carboxylic acids is 2. The first-order valence-corrected chi connectivity index (χ1v) is 11.5. The highest BCUT2D eigenvalue weighted by atomic mass is 16.5. The van der Waals surface area contributed by atoms with Crippen molar-refractivity contribution in [1.82, 2.24) is 10.2 Å². The molecule has 2 aliphatic rings. The Bertz CT molecular complexity index is 1000. The Labute approximate surface area is 193 Å². The molecule has 2 unspecified atom stereocenters. The number of carboxylic acids is 1. The van der Waals surface area contributed by atoms with Gasteiger partial charge in [-0.25, -0.2) is 4.79 Å². The molecule has 174 valence electrons.